The van der Waals surface area contributed by atoms with Gasteiger partial charge in [0.15, 0.2) is 0 Å². The highest BCUT2D eigenvalue weighted by Crippen LogP contribution is 2.26. The van der Waals surface area contributed by atoms with Crippen LogP contribution in [0.1, 0.15) is 37.4 Å². The highest BCUT2D eigenvalue weighted by Gasteiger charge is 2.14. The third-order valence-electron chi connectivity index (χ3n) is 2.42. The summed E-state index contributed by atoms with van der Waals surface area (Å²) in [6.45, 7) is 0. The Balaban J connectivity index is 0.000000720. The van der Waals surface area contributed by atoms with Crippen LogP contribution >= 0.6 is 0 Å². The number of nitrogens with two attached hydrogens (primary N) is 1. The van der Waals surface area contributed by atoms with Gasteiger partial charge in [0, 0.05) is 6.04 Å². The van der Waals surface area contributed by atoms with Crippen LogP contribution in [0, 0.1) is 0 Å². The van der Waals surface area contributed by atoms with E-state index < -0.39 is 0 Å². The zero-order chi connectivity index (χ0) is 7.68. The van der Waals surface area contributed by atoms with Crippen LogP contribution < -0.4 is 5.73 Å². The highest BCUT2D eigenvalue weighted by molar-refractivity contribution is 5.31. The highest BCUT2D eigenvalue weighted by atomic mass is 14.6. The smallest absolute Gasteiger partial charge is 0.0297 e. The molecule has 1 nitrogen and oxygen atoms in total. The molecular weight excluding hydrogens is 146 g/mol. The fraction of sp³-hybridized carbons (Fsp3) is 0.455. The Kier molecular flexibility index (Phi) is 2.88. The Hall–Kier alpha value is -0.820. The van der Waals surface area contributed by atoms with Crippen LogP contribution in [0.3, 0.4) is 0 Å². The molecule has 1 aromatic carbocycles. The van der Waals surface area contributed by atoms with Gasteiger partial charge in [0.05, 0.1) is 0 Å². The zero-order valence-electron chi connectivity index (χ0n) is 6.59. The van der Waals surface area contributed by atoms with E-state index in [1.165, 1.54) is 24.0 Å². The maximum absolute atomic E-state index is 5.95. The van der Waals surface area contributed by atoms with Gasteiger partial charge in [0.1, 0.15) is 0 Å². The summed E-state index contributed by atoms with van der Waals surface area (Å²) in [4.78, 5) is 0. The molecule has 1 atom stereocenters. The number of aryl methyl sites for hydroxylation is 1. The van der Waals surface area contributed by atoms with Gasteiger partial charge in [0.2, 0.25) is 0 Å². The molecule has 1 unspecified atom stereocenters. The number of fused-ring (bicyclic) bond motifs is 1. The van der Waals surface area contributed by atoms with E-state index in [2.05, 4.69) is 24.3 Å². The molecular formula is C11H17N. The van der Waals surface area contributed by atoms with E-state index >= 15 is 0 Å². The second kappa shape index (κ2) is 3.72. The number of rotatable bonds is 0. The molecule has 1 aromatic rings. The van der Waals surface area contributed by atoms with Gasteiger partial charge in [-0.05, 0) is 30.4 Å². The second-order valence-corrected chi connectivity index (χ2v) is 3.20. The summed E-state index contributed by atoms with van der Waals surface area (Å²) >= 11 is 0. The molecule has 2 rings (SSSR count). The summed E-state index contributed by atoms with van der Waals surface area (Å²) in [7, 11) is 0. The van der Waals surface area contributed by atoms with Crippen molar-refractivity contribution < 1.29 is 0 Å². The van der Waals surface area contributed by atoms with E-state index in [1.807, 2.05) is 0 Å². The number of hydrogen-bond donors (Lipinski definition) is 1. The van der Waals surface area contributed by atoms with Crippen molar-refractivity contribution in [3.63, 3.8) is 0 Å². The third-order valence-corrected chi connectivity index (χ3v) is 2.42. The molecule has 1 aliphatic rings. The minimum absolute atomic E-state index is 0. The molecule has 1 heteroatoms. The molecule has 0 saturated heterocycles. The molecule has 0 spiro atoms. The van der Waals surface area contributed by atoms with Crippen molar-refractivity contribution in [3.8, 4) is 0 Å². The van der Waals surface area contributed by atoms with Crippen molar-refractivity contribution in [1.82, 2.24) is 0 Å². The van der Waals surface area contributed by atoms with Crippen LogP contribution in [0.5, 0.6) is 0 Å². The first-order valence-electron chi connectivity index (χ1n) is 4.21. The summed E-state index contributed by atoms with van der Waals surface area (Å²) in [6.07, 6.45) is 3.61. The molecule has 12 heavy (non-hydrogen) atoms. The van der Waals surface area contributed by atoms with Crippen molar-refractivity contribution in [2.45, 2.75) is 32.7 Å². The molecule has 0 amide bonds. The molecule has 0 saturated carbocycles. The van der Waals surface area contributed by atoms with Crippen LogP contribution in [0.2, 0.25) is 0 Å². The van der Waals surface area contributed by atoms with E-state index in [4.69, 9.17) is 5.73 Å². The van der Waals surface area contributed by atoms with E-state index in [-0.39, 0.29) is 7.43 Å². The fourth-order valence-corrected chi connectivity index (χ4v) is 1.79. The minimum atomic E-state index is 0. The lowest BCUT2D eigenvalue weighted by molar-refractivity contribution is 0.570. The van der Waals surface area contributed by atoms with Gasteiger partial charge in [-0.3, -0.25) is 0 Å². The lowest BCUT2D eigenvalue weighted by Crippen LogP contribution is -2.16. The zero-order valence-corrected chi connectivity index (χ0v) is 6.59. The Morgan fingerprint density at radius 3 is 2.75 bits per heavy atom. The first-order valence-corrected chi connectivity index (χ1v) is 4.21. The van der Waals surface area contributed by atoms with Gasteiger partial charge >= 0.3 is 0 Å². The molecule has 0 aliphatic heterocycles. The molecule has 1 aliphatic carbocycles. The van der Waals surface area contributed by atoms with Crippen molar-refractivity contribution in [3.05, 3.63) is 35.4 Å². The summed E-state index contributed by atoms with van der Waals surface area (Å²) in [5.41, 5.74) is 8.76. The monoisotopic (exact) mass is 163 g/mol. The van der Waals surface area contributed by atoms with Crippen LogP contribution in [-0.4, -0.2) is 0 Å². The maximum Gasteiger partial charge on any atom is 0.0297 e. The summed E-state index contributed by atoms with van der Waals surface area (Å²) < 4.78 is 0. The first kappa shape index (κ1) is 9.27. The van der Waals surface area contributed by atoms with Crippen LogP contribution in [-0.2, 0) is 6.42 Å². The average molecular weight is 163 g/mol. The summed E-state index contributed by atoms with van der Waals surface area (Å²) in [6, 6.07) is 8.80. The van der Waals surface area contributed by atoms with Gasteiger partial charge in [-0.25, -0.2) is 0 Å². The van der Waals surface area contributed by atoms with Gasteiger partial charge in [-0.1, -0.05) is 31.7 Å². The van der Waals surface area contributed by atoms with Gasteiger partial charge in [-0.2, -0.15) is 0 Å². The number of benzene rings is 1. The van der Waals surface area contributed by atoms with Crippen LogP contribution in [0.25, 0.3) is 0 Å². The van der Waals surface area contributed by atoms with E-state index in [0.29, 0.717) is 6.04 Å². The van der Waals surface area contributed by atoms with Crippen LogP contribution in [0.4, 0.5) is 0 Å². The van der Waals surface area contributed by atoms with Gasteiger partial charge in [0.25, 0.3) is 0 Å². The Morgan fingerprint density at radius 1 is 1.25 bits per heavy atom. The average Bonchev–Trinajstić information content (AvgIpc) is 2.06. The molecule has 0 aromatic heterocycles. The van der Waals surface area contributed by atoms with Crippen molar-refractivity contribution in [2.24, 2.45) is 5.73 Å². The van der Waals surface area contributed by atoms with Crippen molar-refractivity contribution in [1.29, 1.82) is 0 Å². The van der Waals surface area contributed by atoms with Gasteiger partial charge < -0.3 is 5.73 Å². The standard InChI is InChI=1S/C10H13N.CH4/c11-10-7-3-5-8-4-1-2-6-9(8)10;/h1-2,4,6,10H,3,5,7,11H2;1H4. The predicted octanol–water partition coefficient (Wildman–Crippen LogP) is 2.66. The summed E-state index contributed by atoms with van der Waals surface area (Å²) in [5.74, 6) is 0. The van der Waals surface area contributed by atoms with E-state index in [0.717, 1.165) is 6.42 Å². The SMILES string of the molecule is C.NC1CCCc2ccccc21. The van der Waals surface area contributed by atoms with Crippen molar-refractivity contribution >= 4 is 0 Å². The summed E-state index contributed by atoms with van der Waals surface area (Å²) in [5, 5.41) is 0. The molecule has 2 N–H and O–H groups in total. The lowest BCUT2D eigenvalue weighted by Gasteiger charge is -2.21. The predicted molar refractivity (Wildman–Crippen MR) is 53.0 cm³/mol. The number of hydrogen-bond acceptors (Lipinski definition) is 1. The second-order valence-electron chi connectivity index (χ2n) is 3.20. The minimum Gasteiger partial charge on any atom is -0.324 e. The molecule has 66 valence electrons. The molecule has 0 bridgehead atoms. The topological polar surface area (TPSA) is 26.0 Å². The normalized spacial score (nSPS) is 20.9. The first-order chi connectivity index (χ1) is 5.38. The quantitative estimate of drug-likeness (QED) is 0.625. The molecule has 0 heterocycles. The Morgan fingerprint density at radius 2 is 2.00 bits per heavy atom. The van der Waals surface area contributed by atoms with Crippen molar-refractivity contribution in [2.75, 3.05) is 0 Å². The fourth-order valence-electron chi connectivity index (χ4n) is 1.79. The Labute approximate surface area is 74.6 Å². The third kappa shape index (κ3) is 1.51. The maximum atomic E-state index is 5.95. The molecule has 0 fully saturated rings. The van der Waals surface area contributed by atoms with Crippen LogP contribution in [0.15, 0.2) is 24.3 Å². The lowest BCUT2D eigenvalue weighted by atomic mass is 9.88. The van der Waals surface area contributed by atoms with Gasteiger partial charge in [-0.15, -0.1) is 0 Å². The van der Waals surface area contributed by atoms with E-state index in [9.17, 15) is 0 Å². The Bertz CT molecular complexity index is 255. The van der Waals surface area contributed by atoms with E-state index in [1.54, 1.807) is 0 Å². The largest absolute Gasteiger partial charge is 0.324 e. The molecule has 0 radical (unpaired) electrons.